The predicted octanol–water partition coefficient (Wildman–Crippen LogP) is 5.39. The van der Waals surface area contributed by atoms with E-state index in [1.807, 2.05) is 37.4 Å². The molecule has 0 radical (unpaired) electrons. The van der Waals surface area contributed by atoms with Crippen molar-refractivity contribution in [3.8, 4) is 11.3 Å². The van der Waals surface area contributed by atoms with Crippen molar-refractivity contribution in [2.75, 3.05) is 32.5 Å². The predicted molar refractivity (Wildman–Crippen MR) is 155 cm³/mol. The van der Waals surface area contributed by atoms with Crippen LogP contribution in [0.5, 0.6) is 0 Å². The van der Waals surface area contributed by atoms with Crippen LogP contribution in [0, 0.1) is 11.6 Å². The highest BCUT2D eigenvalue weighted by Crippen LogP contribution is 2.38. The molecular weight excluding hydrogens is 526 g/mol. The van der Waals surface area contributed by atoms with Gasteiger partial charge in [0.05, 0.1) is 17.3 Å². The number of likely N-dealkylation sites (tertiary alicyclic amines) is 1. The molecule has 5 heterocycles. The number of benzene rings is 1. The van der Waals surface area contributed by atoms with Crippen LogP contribution in [0.2, 0.25) is 0 Å². The first-order valence-electron chi connectivity index (χ1n) is 14.0. The van der Waals surface area contributed by atoms with E-state index in [2.05, 4.69) is 44.0 Å². The maximum atomic E-state index is 15.1. The summed E-state index contributed by atoms with van der Waals surface area (Å²) < 4.78 is 32.0. The van der Waals surface area contributed by atoms with Gasteiger partial charge in [0, 0.05) is 42.9 Å². The van der Waals surface area contributed by atoms with Gasteiger partial charge < -0.3 is 19.7 Å². The number of aryl methyl sites for hydroxylation is 1. The Kier molecular flexibility index (Phi) is 7.74. The summed E-state index contributed by atoms with van der Waals surface area (Å²) in [6.07, 6.45) is 5.15. The summed E-state index contributed by atoms with van der Waals surface area (Å²) in [5.41, 5.74) is 1.43. The lowest BCUT2D eigenvalue weighted by molar-refractivity contribution is 0.0782. The maximum absolute atomic E-state index is 15.1. The number of imidazole rings is 1. The molecule has 3 aromatic heterocycles. The lowest BCUT2D eigenvalue weighted by atomic mass is 10.0. The molecule has 4 aromatic rings. The van der Waals surface area contributed by atoms with Crippen LogP contribution in [0.1, 0.15) is 56.7 Å². The Morgan fingerprint density at radius 3 is 2.54 bits per heavy atom. The molecule has 1 atom stereocenters. The zero-order valence-electron chi connectivity index (χ0n) is 24.4. The van der Waals surface area contributed by atoms with Gasteiger partial charge in [-0.05, 0) is 65.0 Å². The topological polar surface area (TPSA) is 92.1 Å². The molecule has 216 valence electrons. The molecule has 1 saturated heterocycles. The first-order chi connectivity index (χ1) is 19.6. The summed E-state index contributed by atoms with van der Waals surface area (Å²) in [4.78, 5) is 34.0. The Labute approximate surface area is 238 Å². The minimum Gasteiger partial charge on any atom is -0.337 e. The average molecular weight is 563 g/mol. The monoisotopic (exact) mass is 562 g/mol. The SMILES string of the molecule is CC.CN(C)[C@H]1CCN(C(=O)c2ccc(Nc3ncc(F)c(-c4cc(F)c5nc6n(c5c4)C(C)(C)CC6)n3)nc2)C1. The summed E-state index contributed by atoms with van der Waals surface area (Å²) in [5, 5.41) is 2.96. The Morgan fingerprint density at radius 2 is 1.85 bits per heavy atom. The normalized spacial score (nSPS) is 17.5. The highest BCUT2D eigenvalue weighted by atomic mass is 19.1. The third kappa shape index (κ3) is 5.38. The highest BCUT2D eigenvalue weighted by molar-refractivity contribution is 5.94. The number of carbonyl (C=O) groups is 1. The number of fused-ring (bicyclic) bond motifs is 3. The van der Waals surface area contributed by atoms with E-state index in [4.69, 9.17) is 0 Å². The number of pyridine rings is 1. The number of rotatable bonds is 5. The fourth-order valence-electron chi connectivity index (χ4n) is 5.56. The number of halogens is 2. The fraction of sp³-hybridized carbons (Fsp3) is 0.433. The first-order valence-corrected chi connectivity index (χ1v) is 14.0. The second-order valence-corrected chi connectivity index (χ2v) is 11.1. The Hall–Kier alpha value is -3.99. The molecule has 1 N–H and O–H groups in total. The second kappa shape index (κ2) is 11.1. The van der Waals surface area contributed by atoms with Crippen molar-refractivity contribution in [2.45, 2.75) is 58.5 Å². The standard InChI is InChI=1S/C28H30F2N8O.C2H6/c1-28(2)9-7-23-34-25-19(29)11-17(12-21(25)38(23)28)24-20(30)14-32-27(35-24)33-22-6-5-16(13-31-22)26(39)37-10-8-18(15-37)36(3)4;1-2/h5-6,11-14,18H,7-10,15H2,1-4H3,(H,31,32,33,35);1-2H3/t18-;/m0./s1. The average Bonchev–Trinajstić information content (AvgIpc) is 3.67. The van der Waals surface area contributed by atoms with E-state index in [0.717, 1.165) is 31.3 Å². The van der Waals surface area contributed by atoms with Crippen molar-refractivity contribution in [3.63, 3.8) is 0 Å². The lowest BCUT2D eigenvalue weighted by Crippen LogP contribution is -2.34. The van der Waals surface area contributed by atoms with Gasteiger partial charge in [0.1, 0.15) is 22.9 Å². The largest absolute Gasteiger partial charge is 0.337 e. The molecule has 1 fully saturated rings. The summed E-state index contributed by atoms with van der Waals surface area (Å²) in [5.74, 6) is 0.0664. The van der Waals surface area contributed by atoms with Crippen molar-refractivity contribution >= 4 is 28.7 Å². The van der Waals surface area contributed by atoms with Crippen LogP contribution in [0.3, 0.4) is 0 Å². The number of carbonyl (C=O) groups excluding carboxylic acids is 1. The van der Waals surface area contributed by atoms with Crippen LogP contribution in [-0.4, -0.2) is 73.4 Å². The van der Waals surface area contributed by atoms with Crippen molar-refractivity contribution in [1.29, 1.82) is 0 Å². The Balaban J connectivity index is 0.00000165. The quantitative estimate of drug-likeness (QED) is 0.349. The molecule has 0 aliphatic carbocycles. The number of nitrogens with zero attached hydrogens (tertiary/aromatic N) is 7. The molecule has 41 heavy (non-hydrogen) atoms. The number of anilines is 2. The van der Waals surface area contributed by atoms with E-state index >= 15 is 4.39 Å². The number of hydrogen-bond donors (Lipinski definition) is 1. The molecule has 1 amide bonds. The lowest BCUT2D eigenvalue weighted by Gasteiger charge is -2.22. The molecule has 0 spiro atoms. The van der Waals surface area contributed by atoms with E-state index in [1.165, 1.54) is 12.3 Å². The van der Waals surface area contributed by atoms with Gasteiger partial charge in [-0.15, -0.1) is 0 Å². The number of aromatic nitrogens is 5. The van der Waals surface area contributed by atoms with Gasteiger partial charge in [0.15, 0.2) is 11.6 Å². The highest BCUT2D eigenvalue weighted by Gasteiger charge is 2.33. The minimum absolute atomic E-state index is 0.0315. The number of amides is 1. The third-order valence-electron chi connectivity index (χ3n) is 7.80. The minimum atomic E-state index is -0.671. The van der Waals surface area contributed by atoms with Crippen LogP contribution >= 0.6 is 0 Å². The third-order valence-corrected chi connectivity index (χ3v) is 7.80. The van der Waals surface area contributed by atoms with Gasteiger partial charge in [-0.3, -0.25) is 4.79 Å². The van der Waals surface area contributed by atoms with Crippen molar-refractivity contribution < 1.29 is 13.6 Å². The van der Waals surface area contributed by atoms with Crippen molar-refractivity contribution in [3.05, 3.63) is 59.7 Å². The van der Waals surface area contributed by atoms with Crippen LogP contribution in [0.15, 0.2) is 36.7 Å². The zero-order chi connectivity index (χ0) is 29.5. The number of likely N-dealkylation sites (N-methyl/N-ethyl adjacent to an activating group) is 1. The summed E-state index contributed by atoms with van der Waals surface area (Å²) in [7, 11) is 4.03. The van der Waals surface area contributed by atoms with Gasteiger partial charge >= 0.3 is 0 Å². The molecule has 6 rings (SSSR count). The smallest absolute Gasteiger partial charge is 0.255 e. The van der Waals surface area contributed by atoms with Crippen LogP contribution < -0.4 is 5.32 Å². The van der Waals surface area contributed by atoms with E-state index < -0.39 is 11.6 Å². The molecule has 0 saturated carbocycles. The zero-order valence-corrected chi connectivity index (χ0v) is 24.4. The van der Waals surface area contributed by atoms with Gasteiger partial charge in [-0.1, -0.05) is 13.8 Å². The Bertz CT molecular complexity index is 1580. The number of hydrogen-bond acceptors (Lipinski definition) is 7. The van der Waals surface area contributed by atoms with Crippen LogP contribution in [0.4, 0.5) is 20.5 Å². The van der Waals surface area contributed by atoms with Gasteiger partial charge in [0.2, 0.25) is 5.95 Å². The molecular formula is C30H36F2N8O. The first kappa shape index (κ1) is 28.5. The van der Waals surface area contributed by atoms with Gasteiger partial charge in [-0.25, -0.2) is 28.7 Å². The molecule has 2 aliphatic rings. The number of nitrogens with one attached hydrogen (secondary N) is 1. The molecule has 1 aromatic carbocycles. The molecule has 0 unspecified atom stereocenters. The van der Waals surface area contributed by atoms with E-state index in [-0.39, 0.29) is 28.6 Å². The molecule has 2 aliphatic heterocycles. The fourth-order valence-corrected chi connectivity index (χ4v) is 5.56. The second-order valence-electron chi connectivity index (χ2n) is 11.1. The summed E-state index contributed by atoms with van der Waals surface area (Å²) in [6, 6.07) is 6.68. The summed E-state index contributed by atoms with van der Waals surface area (Å²) >= 11 is 0. The van der Waals surface area contributed by atoms with Crippen LogP contribution in [0.25, 0.3) is 22.3 Å². The van der Waals surface area contributed by atoms with Gasteiger partial charge in [-0.2, -0.15) is 0 Å². The van der Waals surface area contributed by atoms with Crippen molar-refractivity contribution in [2.24, 2.45) is 0 Å². The van der Waals surface area contributed by atoms with E-state index in [1.54, 1.807) is 18.2 Å². The summed E-state index contributed by atoms with van der Waals surface area (Å²) in [6.45, 7) is 9.56. The molecule has 11 heteroatoms. The van der Waals surface area contributed by atoms with Crippen molar-refractivity contribution in [1.82, 2.24) is 34.3 Å². The van der Waals surface area contributed by atoms with E-state index in [0.29, 0.717) is 41.6 Å². The van der Waals surface area contributed by atoms with Crippen LogP contribution in [-0.2, 0) is 12.0 Å². The molecule has 9 nitrogen and oxygen atoms in total. The van der Waals surface area contributed by atoms with Gasteiger partial charge in [0.25, 0.3) is 5.91 Å². The maximum Gasteiger partial charge on any atom is 0.255 e. The Morgan fingerprint density at radius 1 is 1.07 bits per heavy atom. The molecule has 0 bridgehead atoms. The van der Waals surface area contributed by atoms with E-state index in [9.17, 15) is 9.18 Å².